The first kappa shape index (κ1) is 14.3. The fourth-order valence-electron chi connectivity index (χ4n) is 2.31. The number of H-pyrrole nitrogens is 1. The Bertz CT molecular complexity index is 1070. The average molecular weight is 311 g/mol. The molecule has 0 radical (unpaired) electrons. The monoisotopic (exact) mass is 311 g/mol. The van der Waals surface area contributed by atoms with Gasteiger partial charge in [0, 0.05) is 12.4 Å². The number of aliphatic carboxylic acids is 1. The van der Waals surface area contributed by atoms with Gasteiger partial charge in [-0.1, -0.05) is 0 Å². The summed E-state index contributed by atoms with van der Waals surface area (Å²) in [5.74, 6) is -1.26. The van der Waals surface area contributed by atoms with E-state index in [-0.39, 0.29) is 16.6 Å². The molecule has 1 aromatic carbocycles. The molecule has 0 fully saturated rings. The maximum Gasteiger partial charge on any atom is 0.323 e. The van der Waals surface area contributed by atoms with Gasteiger partial charge in [-0.25, -0.2) is 4.98 Å². The van der Waals surface area contributed by atoms with E-state index in [0.717, 1.165) is 4.57 Å². The van der Waals surface area contributed by atoms with Crippen molar-refractivity contribution in [2.45, 2.75) is 6.54 Å². The minimum absolute atomic E-state index is 0.205. The number of carbonyl (C=O) groups is 1. The van der Waals surface area contributed by atoms with Gasteiger partial charge < -0.3 is 14.7 Å². The molecule has 0 saturated carbocycles. The van der Waals surface area contributed by atoms with Gasteiger partial charge in [-0.05, 0) is 12.1 Å². The van der Waals surface area contributed by atoms with Gasteiger partial charge in [-0.2, -0.15) is 5.26 Å². The predicted molar refractivity (Wildman–Crippen MR) is 78.3 cm³/mol. The van der Waals surface area contributed by atoms with Gasteiger partial charge in [0.25, 0.3) is 0 Å². The Morgan fingerprint density at radius 1 is 1.39 bits per heavy atom. The number of benzene rings is 1. The lowest BCUT2D eigenvalue weighted by molar-refractivity contribution is -0.137. The van der Waals surface area contributed by atoms with Crippen LogP contribution in [0.5, 0.6) is 0 Å². The molecular weight excluding hydrogens is 302 g/mol. The van der Waals surface area contributed by atoms with Gasteiger partial charge in [0.2, 0.25) is 0 Å². The lowest BCUT2D eigenvalue weighted by Crippen LogP contribution is -2.37. The van der Waals surface area contributed by atoms with Crippen molar-refractivity contribution < 1.29 is 9.90 Å². The predicted octanol–water partition coefficient (Wildman–Crippen LogP) is -0.168. The van der Waals surface area contributed by atoms with E-state index >= 15 is 0 Å². The SMILES string of the molecule is N#Cc1cc2[nH]c(=O)c(=O)n(CC(=O)O)c2cc1-n1ccnc1. The average Bonchev–Trinajstić information content (AvgIpc) is 3.04. The van der Waals surface area contributed by atoms with Gasteiger partial charge in [0.1, 0.15) is 12.6 Å². The number of hydrogen-bond donors (Lipinski definition) is 2. The van der Waals surface area contributed by atoms with E-state index in [1.54, 1.807) is 10.8 Å². The second-order valence-electron chi connectivity index (χ2n) is 4.71. The van der Waals surface area contributed by atoms with Gasteiger partial charge in [-0.15, -0.1) is 0 Å². The van der Waals surface area contributed by atoms with E-state index in [0.29, 0.717) is 5.69 Å². The molecule has 0 aliphatic heterocycles. The molecule has 0 saturated heterocycles. The topological polar surface area (TPSA) is 134 Å². The number of imidazole rings is 1. The normalized spacial score (nSPS) is 10.6. The van der Waals surface area contributed by atoms with Crippen LogP contribution in [0.4, 0.5) is 0 Å². The summed E-state index contributed by atoms with van der Waals surface area (Å²) in [5, 5.41) is 18.2. The fraction of sp³-hybridized carbons (Fsp3) is 0.0714. The van der Waals surface area contributed by atoms with E-state index < -0.39 is 23.6 Å². The Morgan fingerprint density at radius 3 is 2.78 bits per heavy atom. The highest BCUT2D eigenvalue weighted by Crippen LogP contribution is 2.20. The standard InChI is InChI=1S/C14H9N5O4/c15-5-8-3-9-11(4-10(8)18-2-1-16-7-18)19(6-12(20)21)14(23)13(22)17-9/h1-4,7H,6H2,(H,17,22)(H,20,21). The number of aromatic nitrogens is 4. The molecule has 9 nitrogen and oxygen atoms in total. The molecule has 2 aromatic heterocycles. The zero-order valence-electron chi connectivity index (χ0n) is 11.6. The van der Waals surface area contributed by atoms with Crippen LogP contribution >= 0.6 is 0 Å². The van der Waals surface area contributed by atoms with Crippen molar-refractivity contribution in [3.8, 4) is 11.8 Å². The number of fused-ring (bicyclic) bond motifs is 1. The zero-order chi connectivity index (χ0) is 16.6. The summed E-state index contributed by atoms with van der Waals surface area (Å²) in [5.41, 5.74) is -0.843. The molecular formula is C14H9N5O4. The number of nitrogens with one attached hydrogen (secondary N) is 1. The molecule has 0 amide bonds. The molecule has 0 bridgehead atoms. The number of nitriles is 1. The fourth-order valence-corrected chi connectivity index (χ4v) is 2.31. The molecule has 0 unspecified atom stereocenters. The van der Waals surface area contributed by atoms with Crippen LogP contribution in [0.25, 0.3) is 16.7 Å². The van der Waals surface area contributed by atoms with Crippen LogP contribution in [0.2, 0.25) is 0 Å². The van der Waals surface area contributed by atoms with Crippen LogP contribution in [0.15, 0.2) is 40.4 Å². The van der Waals surface area contributed by atoms with Crippen LogP contribution in [-0.4, -0.2) is 30.2 Å². The maximum absolute atomic E-state index is 11.9. The van der Waals surface area contributed by atoms with Gasteiger partial charge in [0.15, 0.2) is 0 Å². The smallest absolute Gasteiger partial charge is 0.323 e. The minimum atomic E-state index is -1.26. The quantitative estimate of drug-likeness (QED) is 0.645. The number of nitrogens with zero attached hydrogens (tertiary/aromatic N) is 4. The van der Waals surface area contributed by atoms with Crippen molar-refractivity contribution in [3.05, 3.63) is 57.1 Å². The van der Waals surface area contributed by atoms with Crippen LogP contribution < -0.4 is 11.1 Å². The molecule has 9 heteroatoms. The summed E-state index contributed by atoms with van der Waals surface area (Å²) in [7, 11) is 0. The third-order valence-electron chi connectivity index (χ3n) is 3.29. The third-order valence-corrected chi connectivity index (χ3v) is 3.29. The molecule has 0 aliphatic rings. The lowest BCUT2D eigenvalue weighted by Gasteiger charge is -2.11. The summed E-state index contributed by atoms with van der Waals surface area (Å²) in [6.45, 7) is -0.658. The largest absolute Gasteiger partial charge is 0.480 e. The summed E-state index contributed by atoms with van der Waals surface area (Å²) < 4.78 is 2.41. The van der Waals surface area contributed by atoms with Crippen molar-refractivity contribution in [3.63, 3.8) is 0 Å². The number of aromatic amines is 1. The van der Waals surface area contributed by atoms with Crippen LogP contribution in [-0.2, 0) is 11.3 Å². The number of hydrogen-bond acceptors (Lipinski definition) is 5. The van der Waals surface area contributed by atoms with Crippen LogP contribution in [0, 0.1) is 11.3 Å². The molecule has 2 heterocycles. The first-order chi connectivity index (χ1) is 11.0. The number of carboxylic acid groups (broad SMARTS) is 1. The summed E-state index contributed by atoms with van der Waals surface area (Å²) >= 11 is 0. The Hall–Kier alpha value is -3.67. The Morgan fingerprint density at radius 2 is 2.17 bits per heavy atom. The minimum Gasteiger partial charge on any atom is -0.480 e. The summed E-state index contributed by atoms with van der Waals surface area (Å²) in [6, 6.07) is 4.86. The Balaban J connectivity index is 2.43. The lowest BCUT2D eigenvalue weighted by atomic mass is 10.1. The molecule has 3 rings (SSSR count). The molecule has 0 atom stereocenters. The number of carboxylic acids is 1. The van der Waals surface area contributed by atoms with Gasteiger partial charge in [-0.3, -0.25) is 19.0 Å². The van der Waals surface area contributed by atoms with Crippen LogP contribution in [0.3, 0.4) is 0 Å². The molecule has 114 valence electrons. The van der Waals surface area contributed by atoms with Crippen molar-refractivity contribution in [2.24, 2.45) is 0 Å². The van der Waals surface area contributed by atoms with Gasteiger partial charge >= 0.3 is 17.1 Å². The third kappa shape index (κ3) is 2.38. The molecule has 0 aliphatic carbocycles. The highest BCUT2D eigenvalue weighted by Gasteiger charge is 2.14. The second-order valence-corrected chi connectivity index (χ2v) is 4.71. The first-order valence-corrected chi connectivity index (χ1v) is 6.42. The summed E-state index contributed by atoms with van der Waals surface area (Å²) in [4.78, 5) is 40.8. The van der Waals surface area contributed by atoms with E-state index in [1.807, 2.05) is 6.07 Å². The van der Waals surface area contributed by atoms with Crippen molar-refractivity contribution in [2.75, 3.05) is 0 Å². The maximum atomic E-state index is 11.9. The highest BCUT2D eigenvalue weighted by atomic mass is 16.4. The first-order valence-electron chi connectivity index (χ1n) is 6.42. The van der Waals surface area contributed by atoms with Crippen molar-refractivity contribution in [1.29, 1.82) is 5.26 Å². The van der Waals surface area contributed by atoms with Gasteiger partial charge in [0.05, 0.1) is 28.6 Å². The number of rotatable bonds is 3. The second kappa shape index (κ2) is 5.27. The zero-order valence-corrected chi connectivity index (χ0v) is 11.6. The van der Waals surface area contributed by atoms with E-state index in [4.69, 9.17) is 5.11 Å². The van der Waals surface area contributed by atoms with E-state index in [2.05, 4.69) is 9.97 Å². The molecule has 3 aromatic rings. The van der Waals surface area contributed by atoms with Crippen molar-refractivity contribution >= 4 is 17.0 Å². The summed E-state index contributed by atoms with van der Waals surface area (Å²) in [6.07, 6.45) is 4.59. The molecule has 0 spiro atoms. The van der Waals surface area contributed by atoms with E-state index in [1.165, 1.54) is 24.7 Å². The Labute approximate surface area is 127 Å². The highest BCUT2D eigenvalue weighted by molar-refractivity contribution is 5.81. The van der Waals surface area contributed by atoms with Crippen LogP contribution in [0.1, 0.15) is 5.56 Å². The Kier molecular flexibility index (Phi) is 3.27. The van der Waals surface area contributed by atoms with E-state index in [9.17, 15) is 19.6 Å². The van der Waals surface area contributed by atoms with Crippen molar-refractivity contribution in [1.82, 2.24) is 19.1 Å². The molecule has 2 N–H and O–H groups in total. The molecule has 23 heavy (non-hydrogen) atoms.